The first-order valence-electron chi connectivity index (χ1n) is 8.53. The third-order valence-electron chi connectivity index (χ3n) is 4.35. The lowest BCUT2D eigenvalue weighted by Gasteiger charge is -2.13. The summed E-state index contributed by atoms with van der Waals surface area (Å²) in [5, 5.41) is 3.82. The Bertz CT molecular complexity index is 1170. The van der Waals surface area contributed by atoms with Crippen molar-refractivity contribution in [2.45, 2.75) is 13.5 Å². The van der Waals surface area contributed by atoms with Gasteiger partial charge in [0.2, 0.25) is 0 Å². The second-order valence-electron chi connectivity index (χ2n) is 6.29. The van der Waals surface area contributed by atoms with Gasteiger partial charge in [0.25, 0.3) is 5.56 Å². The second kappa shape index (κ2) is 7.21. The molecule has 27 heavy (non-hydrogen) atoms. The number of aryl methyl sites for hydroxylation is 1. The van der Waals surface area contributed by atoms with Crippen molar-refractivity contribution < 1.29 is 0 Å². The van der Waals surface area contributed by atoms with E-state index in [9.17, 15) is 4.79 Å². The molecule has 0 atom stereocenters. The molecule has 0 spiro atoms. The molecule has 1 N–H and O–H groups in total. The normalized spacial score (nSPS) is 10.9. The molecule has 0 fully saturated rings. The van der Waals surface area contributed by atoms with Crippen molar-refractivity contribution in [1.82, 2.24) is 14.5 Å². The van der Waals surface area contributed by atoms with Crippen molar-refractivity contribution in [2.24, 2.45) is 0 Å². The van der Waals surface area contributed by atoms with Crippen LogP contribution in [0.3, 0.4) is 0 Å². The Hall–Kier alpha value is -3.18. The molecule has 0 saturated heterocycles. The highest BCUT2D eigenvalue weighted by molar-refractivity contribution is 6.31. The van der Waals surface area contributed by atoms with Crippen LogP contribution < -0.4 is 10.9 Å². The van der Waals surface area contributed by atoms with Crippen LogP contribution in [0.5, 0.6) is 0 Å². The summed E-state index contributed by atoms with van der Waals surface area (Å²) in [6.45, 7) is 2.36. The van der Waals surface area contributed by atoms with Gasteiger partial charge in [0.05, 0.1) is 23.8 Å². The van der Waals surface area contributed by atoms with E-state index in [2.05, 4.69) is 15.3 Å². The van der Waals surface area contributed by atoms with E-state index in [1.807, 2.05) is 49.4 Å². The maximum atomic E-state index is 13.1. The number of hydrogen-bond acceptors (Lipinski definition) is 4. The van der Waals surface area contributed by atoms with Crippen LogP contribution in [0, 0.1) is 6.92 Å². The Kier molecular flexibility index (Phi) is 4.60. The fourth-order valence-electron chi connectivity index (χ4n) is 2.95. The molecule has 2 aromatic carbocycles. The monoisotopic (exact) mass is 376 g/mol. The number of nitrogens with zero attached hydrogens (tertiary/aromatic N) is 3. The highest BCUT2D eigenvalue weighted by Gasteiger charge is 2.12. The zero-order valence-electron chi connectivity index (χ0n) is 14.7. The van der Waals surface area contributed by atoms with E-state index in [0.29, 0.717) is 22.6 Å². The van der Waals surface area contributed by atoms with Gasteiger partial charge in [-0.2, -0.15) is 0 Å². The molecular weight excluding hydrogens is 360 g/mol. The van der Waals surface area contributed by atoms with E-state index in [-0.39, 0.29) is 11.4 Å². The van der Waals surface area contributed by atoms with E-state index < -0.39 is 0 Å². The SMILES string of the molecule is Cc1cc(Nc2nc3ccncc3n(Cc3ccccc3)c2=O)ccc1Cl. The second-order valence-corrected chi connectivity index (χ2v) is 6.70. The van der Waals surface area contributed by atoms with Crippen molar-refractivity contribution in [1.29, 1.82) is 0 Å². The van der Waals surface area contributed by atoms with Crippen LogP contribution in [0.4, 0.5) is 11.5 Å². The Balaban J connectivity index is 1.82. The third-order valence-corrected chi connectivity index (χ3v) is 4.78. The predicted octanol–water partition coefficient (Wildman–Crippen LogP) is 4.55. The molecule has 0 aliphatic heterocycles. The summed E-state index contributed by atoms with van der Waals surface area (Å²) in [5.74, 6) is 0.270. The zero-order valence-corrected chi connectivity index (χ0v) is 15.4. The summed E-state index contributed by atoms with van der Waals surface area (Å²) in [7, 11) is 0. The van der Waals surface area contributed by atoms with Crippen LogP contribution in [-0.4, -0.2) is 14.5 Å². The van der Waals surface area contributed by atoms with Gasteiger partial charge in [-0.15, -0.1) is 0 Å². The van der Waals surface area contributed by atoms with Gasteiger partial charge < -0.3 is 5.32 Å². The summed E-state index contributed by atoms with van der Waals surface area (Å²) in [5.41, 5.74) is 3.92. The average molecular weight is 377 g/mol. The number of aromatic nitrogens is 3. The average Bonchev–Trinajstić information content (AvgIpc) is 2.69. The molecule has 0 radical (unpaired) electrons. The van der Waals surface area contributed by atoms with Crippen molar-refractivity contribution in [2.75, 3.05) is 5.32 Å². The molecule has 0 aliphatic carbocycles. The molecule has 4 aromatic rings. The van der Waals surface area contributed by atoms with Crippen molar-refractivity contribution in [3.8, 4) is 0 Å². The number of nitrogens with one attached hydrogen (secondary N) is 1. The molecule has 5 nitrogen and oxygen atoms in total. The maximum absolute atomic E-state index is 13.1. The van der Waals surface area contributed by atoms with Gasteiger partial charge in [-0.3, -0.25) is 14.3 Å². The molecular formula is C21H17ClN4O. The van der Waals surface area contributed by atoms with Gasteiger partial charge in [0.1, 0.15) is 0 Å². The molecule has 0 unspecified atom stereocenters. The van der Waals surface area contributed by atoms with Crippen LogP contribution >= 0.6 is 11.6 Å². The highest BCUT2D eigenvalue weighted by atomic mass is 35.5. The van der Waals surface area contributed by atoms with Gasteiger partial charge in [-0.1, -0.05) is 41.9 Å². The number of hydrogen-bond donors (Lipinski definition) is 1. The molecule has 0 bridgehead atoms. The van der Waals surface area contributed by atoms with Gasteiger partial charge in [0, 0.05) is 16.9 Å². The Morgan fingerprint density at radius 3 is 2.70 bits per heavy atom. The minimum Gasteiger partial charge on any atom is -0.336 e. The summed E-state index contributed by atoms with van der Waals surface area (Å²) in [6, 6.07) is 17.2. The van der Waals surface area contributed by atoms with E-state index in [4.69, 9.17) is 11.6 Å². The van der Waals surface area contributed by atoms with Crippen molar-refractivity contribution in [3.05, 3.63) is 93.5 Å². The first kappa shape index (κ1) is 17.2. The van der Waals surface area contributed by atoms with E-state index in [1.54, 1.807) is 29.1 Å². The predicted molar refractivity (Wildman–Crippen MR) is 109 cm³/mol. The van der Waals surface area contributed by atoms with Gasteiger partial charge in [-0.05, 0) is 42.3 Å². The number of benzene rings is 2. The molecule has 2 aromatic heterocycles. The van der Waals surface area contributed by atoms with Gasteiger partial charge >= 0.3 is 0 Å². The summed E-state index contributed by atoms with van der Waals surface area (Å²) < 4.78 is 1.69. The van der Waals surface area contributed by atoms with Gasteiger partial charge in [-0.25, -0.2) is 4.98 Å². The number of anilines is 2. The van der Waals surface area contributed by atoms with Crippen molar-refractivity contribution >= 4 is 34.1 Å². The number of rotatable bonds is 4. The number of fused-ring (bicyclic) bond motifs is 1. The molecule has 6 heteroatoms. The smallest absolute Gasteiger partial charge is 0.294 e. The minimum absolute atomic E-state index is 0.202. The lowest BCUT2D eigenvalue weighted by Crippen LogP contribution is -2.25. The first-order valence-corrected chi connectivity index (χ1v) is 8.91. The Morgan fingerprint density at radius 1 is 1.11 bits per heavy atom. The quantitative estimate of drug-likeness (QED) is 0.567. The molecule has 4 rings (SSSR count). The largest absolute Gasteiger partial charge is 0.336 e. The lowest BCUT2D eigenvalue weighted by molar-refractivity contribution is 0.788. The van der Waals surface area contributed by atoms with Crippen LogP contribution in [-0.2, 0) is 6.54 Å². The molecule has 0 aliphatic rings. The van der Waals surface area contributed by atoms with Crippen molar-refractivity contribution in [3.63, 3.8) is 0 Å². The van der Waals surface area contributed by atoms with E-state index >= 15 is 0 Å². The highest BCUT2D eigenvalue weighted by Crippen LogP contribution is 2.22. The molecule has 134 valence electrons. The fraction of sp³-hybridized carbons (Fsp3) is 0.0952. The van der Waals surface area contributed by atoms with Crippen LogP contribution in [0.15, 0.2) is 71.8 Å². The standard InChI is InChI=1S/C21H17ClN4O/c1-14-11-16(7-8-17(14)22)24-20-21(27)26(13-15-5-3-2-4-6-15)19-12-23-10-9-18(19)25-20/h2-12H,13H2,1H3,(H,24,25). The summed E-state index contributed by atoms with van der Waals surface area (Å²) in [6.07, 6.45) is 3.34. The van der Waals surface area contributed by atoms with Crippen LogP contribution in [0.2, 0.25) is 5.02 Å². The van der Waals surface area contributed by atoms with Crippen LogP contribution in [0.1, 0.15) is 11.1 Å². The fourth-order valence-corrected chi connectivity index (χ4v) is 3.07. The molecule has 2 heterocycles. The Labute approximate surface area is 161 Å². The third kappa shape index (κ3) is 3.55. The zero-order chi connectivity index (χ0) is 18.8. The molecule has 0 amide bonds. The minimum atomic E-state index is -0.202. The number of pyridine rings is 1. The lowest BCUT2D eigenvalue weighted by atomic mass is 10.2. The van der Waals surface area contributed by atoms with E-state index in [0.717, 1.165) is 16.8 Å². The maximum Gasteiger partial charge on any atom is 0.294 e. The van der Waals surface area contributed by atoms with Crippen LogP contribution in [0.25, 0.3) is 11.0 Å². The summed E-state index contributed by atoms with van der Waals surface area (Å²) >= 11 is 6.09. The topological polar surface area (TPSA) is 59.8 Å². The van der Waals surface area contributed by atoms with Gasteiger partial charge in [0.15, 0.2) is 5.82 Å². The molecule has 0 saturated carbocycles. The van der Waals surface area contributed by atoms with E-state index in [1.165, 1.54) is 0 Å². The Morgan fingerprint density at radius 2 is 1.93 bits per heavy atom. The summed E-state index contributed by atoms with van der Waals surface area (Å²) in [4.78, 5) is 21.8. The number of halogens is 1. The first-order chi connectivity index (χ1) is 13.1.